The molecule has 0 saturated heterocycles. The fraction of sp³-hybridized carbons (Fsp3) is 0.231. The summed E-state index contributed by atoms with van der Waals surface area (Å²) in [4.78, 5) is -0.234. The van der Waals surface area contributed by atoms with Crippen LogP contribution in [0.15, 0.2) is 77.7 Å². The monoisotopic (exact) mass is 555 g/mol. The maximum atomic E-state index is 13.9. The van der Waals surface area contributed by atoms with Crippen LogP contribution in [0.5, 0.6) is 0 Å². The summed E-state index contributed by atoms with van der Waals surface area (Å²) in [5.41, 5.74) is -3.64. The van der Waals surface area contributed by atoms with Gasteiger partial charge in [0.25, 0.3) is 10.0 Å². The number of halogens is 5. The van der Waals surface area contributed by atoms with Crippen molar-refractivity contribution in [2.45, 2.75) is 30.5 Å². The van der Waals surface area contributed by atoms with Crippen molar-refractivity contribution in [1.82, 2.24) is 0 Å². The van der Waals surface area contributed by atoms with Crippen molar-refractivity contribution in [2.24, 2.45) is 5.92 Å². The van der Waals surface area contributed by atoms with E-state index in [0.29, 0.717) is 5.56 Å². The molecule has 0 aliphatic heterocycles. The zero-order chi connectivity index (χ0) is 26.7. The molecular weight excluding hydrogens is 534 g/mol. The molecule has 0 spiro atoms. The predicted octanol–water partition coefficient (Wildman–Crippen LogP) is 6.65. The minimum absolute atomic E-state index is 0.0157. The lowest BCUT2D eigenvalue weighted by Crippen LogP contribution is -2.41. The van der Waals surface area contributed by atoms with E-state index in [2.05, 4.69) is 5.92 Å². The lowest BCUT2D eigenvalue weighted by atomic mass is 9.93. The van der Waals surface area contributed by atoms with E-state index in [1.807, 2.05) is 5.92 Å². The number of anilines is 1. The Balaban J connectivity index is 2.08. The van der Waals surface area contributed by atoms with Gasteiger partial charge in [-0.2, -0.15) is 13.2 Å². The van der Waals surface area contributed by atoms with E-state index in [-0.39, 0.29) is 33.1 Å². The Morgan fingerprint density at radius 2 is 1.58 bits per heavy atom. The van der Waals surface area contributed by atoms with Gasteiger partial charge in [0.2, 0.25) is 5.60 Å². The number of benzene rings is 3. The third kappa shape index (κ3) is 5.98. The third-order valence-corrected chi connectivity index (χ3v) is 7.65. The minimum Gasteiger partial charge on any atom is -0.366 e. The number of rotatable bonds is 6. The van der Waals surface area contributed by atoms with Gasteiger partial charge in [0.1, 0.15) is 4.90 Å². The number of hydrogen-bond donors (Lipinski definition) is 1. The molecule has 36 heavy (non-hydrogen) atoms. The first-order valence-electron chi connectivity index (χ1n) is 10.7. The molecule has 0 saturated carbocycles. The van der Waals surface area contributed by atoms with Crippen LogP contribution in [0, 0.1) is 17.8 Å². The van der Waals surface area contributed by atoms with E-state index in [4.69, 9.17) is 23.2 Å². The fourth-order valence-electron chi connectivity index (χ4n) is 3.33. The highest BCUT2D eigenvalue weighted by atomic mass is 35.5. The Kier molecular flexibility index (Phi) is 8.31. The molecule has 0 heterocycles. The van der Waals surface area contributed by atoms with Crippen molar-refractivity contribution in [3.05, 3.63) is 94.0 Å². The van der Waals surface area contributed by atoms with E-state index in [9.17, 15) is 26.7 Å². The third-order valence-electron chi connectivity index (χ3n) is 5.14. The summed E-state index contributed by atoms with van der Waals surface area (Å²) in [5.74, 6) is 4.16. The van der Waals surface area contributed by atoms with Gasteiger partial charge in [0, 0.05) is 22.7 Å². The number of nitrogens with zero attached hydrogens (tertiary/aromatic N) is 1. The predicted molar refractivity (Wildman–Crippen MR) is 136 cm³/mol. The Morgan fingerprint density at radius 1 is 0.972 bits per heavy atom. The molecule has 3 aromatic rings. The van der Waals surface area contributed by atoms with E-state index >= 15 is 0 Å². The van der Waals surface area contributed by atoms with Crippen molar-refractivity contribution in [2.75, 3.05) is 10.8 Å². The van der Waals surface area contributed by atoms with Crippen molar-refractivity contribution in [3.63, 3.8) is 0 Å². The summed E-state index contributed by atoms with van der Waals surface area (Å²) < 4.78 is 69.8. The van der Waals surface area contributed by atoms with Crippen LogP contribution in [0.4, 0.5) is 18.9 Å². The maximum Gasteiger partial charge on any atom is 0.433 e. The molecule has 0 aliphatic carbocycles. The Morgan fingerprint density at radius 3 is 2.14 bits per heavy atom. The molecule has 4 nitrogen and oxygen atoms in total. The molecule has 0 aromatic heterocycles. The molecular formula is C26H22Cl2F3NO3S. The van der Waals surface area contributed by atoms with Crippen LogP contribution < -0.4 is 4.31 Å². The molecule has 0 radical (unpaired) electrons. The Bertz CT molecular complexity index is 1380. The lowest BCUT2D eigenvalue weighted by molar-refractivity contribution is -0.240. The van der Waals surface area contributed by atoms with E-state index in [0.717, 1.165) is 16.4 Å². The molecule has 3 aromatic carbocycles. The van der Waals surface area contributed by atoms with Gasteiger partial charge in [-0.1, -0.05) is 73.3 Å². The van der Waals surface area contributed by atoms with Crippen LogP contribution in [0.2, 0.25) is 10.0 Å². The highest BCUT2D eigenvalue weighted by Gasteiger charge is 2.54. The highest BCUT2D eigenvalue weighted by Crippen LogP contribution is 2.40. The van der Waals surface area contributed by atoms with Gasteiger partial charge in [0.05, 0.1) is 10.7 Å². The number of aliphatic hydroxyl groups is 1. The van der Waals surface area contributed by atoms with Crippen molar-refractivity contribution < 1.29 is 26.7 Å². The molecule has 10 heteroatoms. The second-order valence-electron chi connectivity index (χ2n) is 8.38. The molecule has 190 valence electrons. The van der Waals surface area contributed by atoms with E-state index < -0.39 is 27.4 Å². The quantitative estimate of drug-likeness (QED) is 0.346. The second kappa shape index (κ2) is 10.7. The smallest absolute Gasteiger partial charge is 0.366 e. The van der Waals surface area contributed by atoms with Crippen LogP contribution >= 0.6 is 23.2 Å². The molecule has 1 unspecified atom stereocenters. The SMILES string of the molecule is CC(C)CN(c1ccc(C(O)(C#Cc2ccccc2)C(F)(F)F)cc1)S(=O)(=O)c1cc(Cl)ccc1Cl. The summed E-state index contributed by atoms with van der Waals surface area (Å²) in [6.07, 6.45) is -5.12. The van der Waals surface area contributed by atoms with Gasteiger partial charge in [-0.05, 0) is 54.3 Å². The van der Waals surface area contributed by atoms with Gasteiger partial charge >= 0.3 is 6.18 Å². The van der Waals surface area contributed by atoms with Crippen LogP contribution in [0.1, 0.15) is 25.0 Å². The summed E-state index contributed by atoms with van der Waals surface area (Å²) in [7, 11) is -4.22. The van der Waals surface area contributed by atoms with Gasteiger partial charge in [-0.15, -0.1) is 0 Å². The summed E-state index contributed by atoms with van der Waals surface area (Å²) in [6.45, 7) is 3.60. The van der Waals surface area contributed by atoms with Gasteiger partial charge in [-0.3, -0.25) is 4.31 Å². The molecule has 1 atom stereocenters. The first-order chi connectivity index (χ1) is 16.8. The maximum absolute atomic E-state index is 13.9. The summed E-state index contributed by atoms with van der Waals surface area (Å²) in [5, 5.41) is 10.7. The average molecular weight is 556 g/mol. The molecule has 3 rings (SSSR count). The summed E-state index contributed by atoms with van der Waals surface area (Å²) in [6, 6.07) is 16.3. The minimum atomic E-state index is -5.12. The zero-order valence-corrected chi connectivity index (χ0v) is 21.6. The largest absolute Gasteiger partial charge is 0.433 e. The van der Waals surface area contributed by atoms with E-state index in [1.165, 1.54) is 42.5 Å². The van der Waals surface area contributed by atoms with Crippen LogP contribution in [0.3, 0.4) is 0 Å². The van der Waals surface area contributed by atoms with Crippen LogP contribution in [-0.4, -0.2) is 26.2 Å². The molecule has 0 amide bonds. The van der Waals surface area contributed by atoms with Crippen molar-refractivity contribution in [1.29, 1.82) is 0 Å². The molecule has 1 N–H and O–H groups in total. The highest BCUT2D eigenvalue weighted by molar-refractivity contribution is 7.93. The van der Waals surface area contributed by atoms with Crippen molar-refractivity contribution >= 4 is 38.9 Å². The Hall–Kier alpha value is -2.70. The first-order valence-corrected chi connectivity index (χ1v) is 12.9. The molecule has 0 fully saturated rings. The molecule has 0 bridgehead atoms. The Labute approximate surface area is 218 Å². The van der Waals surface area contributed by atoms with E-state index in [1.54, 1.807) is 32.0 Å². The standard InChI is InChI=1S/C26H22Cl2F3NO3S/c1-18(2)17-32(36(34,35)24-16-21(27)10-13-23(24)28)22-11-8-20(9-12-22)25(33,26(29,30)31)15-14-19-6-4-3-5-7-19/h3-13,16,18,33H,17H2,1-2H3. The number of alkyl halides is 3. The average Bonchev–Trinajstić information content (AvgIpc) is 2.82. The summed E-state index contributed by atoms with van der Waals surface area (Å²) >= 11 is 12.1. The zero-order valence-electron chi connectivity index (χ0n) is 19.2. The fourth-order valence-corrected chi connectivity index (χ4v) is 5.70. The van der Waals surface area contributed by atoms with Crippen molar-refractivity contribution in [3.8, 4) is 11.8 Å². The second-order valence-corrected chi connectivity index (χ2v) is 11.1. The van der Waals surface area contributed by atoms with Crippen LogP contribution in [0.25, 0.3) is 0 Å². The van der Waals surface area contributed by atoms with Gasteiger partial charge in [0.15, 0.2) is 0 Å². The van der Waals surface area contributed by atoms with Gasteiger partial charge in [-0.25, -0.2) is 8.42 Å². The number of hydrogen-bond acceptors (Lipinski definition) is 3. The normalized spacial score (nSPS) is 13.6. The van der Waals surface area contributed by atoms with Gasteiger partial charge < -0.3 is 5.11 Å². The van der Waals surface area contributed by atoms with Crippen LogP contribution in [-0.2, 0) is 15.6 Å². The lowest BCUT2D eigenvalue weighted by Gasteiger charge is -2.29. The topological polar surface area (TPSA) is 57.6 Å². The number of sulfonamides is 1. The first kappa shape index (κ1) is 27.9. The molecule has 0 aliphatic rings.